The van der Waals surface area contributed by atoms with Crippen molar-refractivity contribution in [1.29, 1.82) is 0 Å². The zero-order valence-corrected chi connectivity index (χ0v) is 19.5. The topological polar surface area (TPSA) is 89.0 Å². The Labute approximate surface area is 180 Å². The summed E-state index contributed by atoms with van der Waals surface area (Å²) in [5.74, 6) is 0.753. The molecule has 3 heterocycles. The molecule has 0 saturated carbocycles. The van der Waals surface area contributed by atoms with Gasteiger partial charge in [0.25, 0.3) is 0 Å². The van der Waals surface area contributed by atoms with Crippen LogP contribution in [-0.4, -0.2) is 76.7 Å². The van der Waals surface area contributed by atoms with Gasteiger partial charge >= 0.3 is 6.09 Å². The molecule has 1 aromatic rings. The van der Waals surface area contributed by atoms with Crippen LogP contribution in [0.3, 0.4) is 0 Å². The molecule has 2 aliphatic rings. The summed E-state index contributed by atoms with van der Waals surface area (Å²) in [5, 5.41) is 0. The van der Waals surface area contributed by atoms with Crippen LogP contribution in [0.4, 0.5) is 10.6 Å². The van der Waals surface area contributed by atoms with E-state index in [-0.39, 0.29) is 6.04 Å². The molecule has 0 bridgehead atoms. The van der Waals surface area contributed by atoms with Crippen LogP contribution in [0, 0.1) is 0 Å². The van der Waals surface area contributed by atoms with Crippen molar-refractivity contribution in [3.05, 3.63) is 22.3 Å². The lowest BCUT2D eigenvalue weighted by molar-refractivity contribution is 0.0925. The Morgan fingerprint density at radius 3 is 2.62 bits per heavy atom. The first-order valence-electron chi connectivity index (χ1n) is 9.77. The SMILES string of the molecule is CC[C@H]1COCCN1c1cc(C2(S(C)(=O)=O)CCN(C(=O)OC)CC2)cc(Br)n1. The first-order chi connectivity index (χ1) is 13.7. The van der Waals surface area contributed by atoms with Gasteiger partial charge in [0.15, 0.2) is 9.84 Å². The fourth-order valence-corrected chi connectivity index (χ4v) is 6.14. The van der Waals surface area contributed by atoms with Gasteiger partial charge in [-0.25, -0.2) is 18.2 Å². The van der Waals surface area contributed by atoms with Crippen LogP contribution < -0.4 is 4.90 Å². The van der Waals surface area contributed by atoms with Gasteiger partial charge < -0.3 is 19.3 Å². The van der Waals surface area contributed by atoms with E-state index in [0.717, 1.165) is 12.2 Å². The highest BCUT2D eigenvalue weighted by atomic mass is 79.9. The number of morpholine rings is 1. The summed E-state index contributed by atoms with van der Waals surface area (Å²) >= 11 is 3.48. The minimum Gasteiger partial charge on any atom is -0.453 e. The Kier molecular flexibility index (Phi) is 6.74. The molecular weight excluding hydrogens is 462 g/mol. The predicted molar refractivity (Wildman–Crippen MR) is 114 cm³/mol. The molecule has 0 N–H and O–H groups in total. The van der Waals surface area contributed by atoms with Gasteiger partial charge in [-0.2, -0.15) is 0 Å². The number of hydrogen-bond acceptors (Lipinski definition) is 7. The van der Waals surface area contributed by atoms with E-state index in [1.165, 1.54) is 13.4 Å². The molecule has 162 valence electrons. The molecule has 0 spiro atoms. The van der Waals surface area contributed by atoms with E-state index in [1.54, 1.807) is 11.0 Å². The molecule has 0 aromatic carbocycles. The summed E-state index contributed by atoms with van der Waals surface area (Å²) in [4.78, 5) is 20.2. The highest BCUT2D eigenvalue weighted by Crippen LogP contribution is 2.42. The summed E-state index contributed by atoms with van der Waals surface area (Å²) in [5.41, 5.74) is 0.711. The molecule has 0 aliphatic carbocycles. The number of rotatable bonds is 4. The lowest BCUT2D eigenvalue weighted by atomic mass is 9.88. The first-order valence-corrected chi connectivity index (χ1v) is 12.4. The molecule has 0 radical (unpaired) electrons. The maximum Gasteiger partial charge on any atom is 0.409 e. The van der Waals surface area contributed by atoms with Crippen LogP contribution in [0.5, 0.6) is 0 Å². The van der Waals surface area contributed by atoms with Crippen LogP contribution in [0.25, 0.3) is 0 Å². The van der Waals surface area contributed by atoms with Crippen molar-refractivity contribution in [3.8, 4) is 0 Å². The number of likely N-dealkylation sites (tertiary alicyclic amines) is 1. The van der Waals surface area contributed by atoms with Crippen molar-refractivity contribution in [2.45, 2.75) is 37.0 Å². The Morgan fingerprint density at radius 2 is 2.03 bits per heavy atom. The van der Waals surface area contributed by atoms with E-state index in [1.807, 2.05) is 6.07 Å². The van der Waals surface area contributed by atoms with E-state index < -0.39 is 20.7 Å². The average molecular weight is 490 g/mol. The Bertz CT molecular complexity index is 855. The maximum absolute atomic E-state index is 13.0. The molecule has 2 fully saturated rings. The minimum absolute atomic E-state index is 0.203. The third-order valence-corrected chi connectivity index (χ3v) is 8.48. The number of amides is 1. The van der Waals surface area contributed by atoms with Crippen LogP contribution in [0.2, 0.25) is 0 Å². The highest BCUT2D eigenvalue weighted by molar-refractivity contribution is 9.10. The number of carbonyl (C=O) groups is 1. The summed E-state index contributed by atoms with van der Waals surface area (Å²) in [6.07, 6.45) is 2.39. The number of halogens is 1. The van der Waals surface area contributed by atoms with Crippen molar-refractivity contribution < 1.29 is 22.7 Å². The molecule has 2 saturated heterocycles. The summed E-state index contributed by atoms with van der Waals surface area (Å²) < 4.78 is 35.9. The largest absolute Gasteiger partial charge is 0.453 e. The van der Waals surface area contributed by atoms with Crippen molar-refractivity contribution >= 4 is 37.7 Å². The molecular formula is C19H28BrN3O5S. The minimum atomic E-state index is -3.45. The number of anilines is 1. The first kappa shape index (κ1) is 22.3. The normalized spacial score (nSPS) is 22.4. The fraction of sp³-hybridized carbons (Fsp3) is 0.684. The number of carbonyl (C=O) groups excluding carboxylic acids is 1. The van der Waals surface area contributed by atoms with E-state index in [9.17, 15) is 13.2 Å². The van der Waals surface area contributed by atoms with Gasteiger partial charge in [-0.3, -0.25) is 0 Å². The van der Waals surface area contributed by atoms with Gasteiger partial charge in [-0.05, 0) is 52.9 Å². The highest BCUT2D eigenvalue weighted by Gasteiger charge is 2.46. The predicted octanol–water partition coefficient (Wildman–Crippen LogP) is 2.56. The number of ether oxygens (including phenoxy) is 2. The van der Waals surface area contributed by atoms with Gasteiger partial charge in [0.1, 0.15) is 15.2 Å². The third-order valence-electron chi connectivity index (χ3n) is 6.01. The smallest absolute Gasteiger partial charge is 0.409 e. The van der Waals surface area contributed by atoms with Crippen LogP contribution >= 0.6 is 15.9 Å². The van der Waals surface area contributed by atoms with Gasteiger partial charge in [-0.15, -0.1) is 0 Å². The third kappa shape index (κ3) is 4.39. The maximum atomic E-state index is 13.0. The van der Waals surface area contributed by atoms with Crippen molar-refractivity contribution in [2.75, 3.05) is 51.1 Å². The molecule has 1 aromatic heterocycles. The standard InChI is InChI=1S/C19H28BrN3O5S/c1-4-15-13-28-10-9-23(15)17-12-14(11-16(20)21-17)19(29(3,25)26)5-7-22(8-6-19)18(24)27-2/h11-12,15H,4-10,13H2,1-3H3/t15-/m0/s1. The molecule has 3 rings (SSSR count). The van der Waals surface area contributed by atoms with Gasteiger partial charge in [0, 0.05) is 25.9 Å². The fourth-order valence-electron chi connectivity index (χ4n) is 4.24. The zero-order valence-electron chi connectivity index (χ0n) is 17.1. The van der Waals surface area contributed by atoms with Crippen LogP contribution in [0.1, 0.15) is 31.7 Å². The molecule has 2 aliphatic heterocycles. The summed E-state index contributed by atoms with van der Waals surface area (Å²) in [6, 6.07) is 3.89. The molecule has 29 heavy (non-hydrogen) atoms. The second-order valence-corrected chi connectivity index (χ2v) is 10.7. The van der Waals surface area contributed by atoms with Crippen molar-refractivity contribution in [2.24, 2.45) is 0 Å². The van der Waals surface area contributed by atoms with Crippen molar-refractivity contribution in [3.63, 3.8) is 0 Å². The summed E-state index contributed by atoms with van der Waals surface area (Å²) in [7, 11) is -2.12. The lowest BCUT2D eigenvalue weighted by Gasteiger charge is -2.41. The van der Waals surface area contributed by atoms with Crippen LogP contribution in [-0.2, 0) is 24.1 Å². The zero-order chi connectivity index (χ0) is 21.2. The Balaban J connectivity index is 2.00. The number of pyridine rings is 1. The van der Waals surface area contributed by atoms with E-state index in [2.05, 4.69) is 32.7 Å². The number of aromatic nitrogens is 1. The van der Waals surface area contributed by atoms with Crippen molar-refractivity contribution in [1.82, 2.24) is 9.88 Å². The molecule has 8 nitrogen and oxygen atoms in total. The molecule has 0 unspecified atom stereocenters. The van der Waals surface area contributed by atoms with E-state index in [0.29, 0.717) is 55.9 Å². The van der Waals surface area contributed by atoms with Gasteiger partial charge in [0.2, 0.25) is 0 Å². The lowest BCUT2D eigenvalue weighted by Crippen LogP contribution is -2.49. The molecule has 1 amide bonds. The Hall–Kier alpha value is -1.39. The van der Waals surface area contributed by atoms with Gasteiger partial charge in [-0.1, -0.05) is 6.92 Å². The summed E-state index contributed by atoms with van der Waals surface area (Å²) in [6.45, 7) is 4.71. The monoisotopic (exact) mass is 489 g/mol. The number of nitrogens with zero attached hydrogens (tertiary/aromatic N) is 3. The van der Waals surface area contributed by atoms with E-state index in [4.69, 9.17) is 9.47 Å². The number of piperidine rings is 1. The number of hydrogen-bond donors (Lipinski definition) is 0. The van der Waals surface area contributed by atoms with Crippen LogP contribution in [0.15, 0.2) is 16.7 Å². The number of methoxy groups -OCH3 is 1. The Morgan fingerprint density at radius 1 is 1.34 bits per heavy atom. The van der Waals surface area contributed by atoms with E-state index >= 15 is 0 Å². The second kappa shape index (κ2) is 8.77. The number of sulfone groups is 1. The second-order valence-electron chi connectivity index (χ2n) is 7.59. The quantitative estimate of drug-likeness (QED) is 0.600. The molecule has 10 heteroatoms. The van der Waals surface area contributed by atoms with Gasteiger partial charge in [0.05, 0.1) is 26.4 Å². The molecule has 1 atom stereocenters. The average Bonchev–Trinajstić information content (AvgIpc) is 2.71.